The third-order valence-corrected chi connectivity index (χ3v) is 4.09. The summed E-state index contributed by atoms with van der Waals surface area (Å²) in [4.78, 5) is 0. The molecule has 2 fully saturated rings. The van der Waals surface area contributed by atoms with E-state index in [0.717, 1.165) is 18.3 Å². The van der Waals surface area contributed by atoms with Crippen LogP contribution in [0.25, 0.3) is 0 Å². The van der Waals surface area contributed by atoms with Crippen LogP contribution in [0, 0.1) is 17.8 Å². The summed E-state index contributed by atoms with van der Waals surface area (Å²) in [5.74, 6) is 2.27. The summed E-state index contributed by atoms with van der Waals surface area (Å²) in [5, 5.41) is 10.3. The zero-order chi connectivity index (χ0) is 9.47. The molecule has 2 aliphatic rings. The van der Waals surface area contributed by atoms with Gasteiger partial charge in [-0.25, -0.2) is 0 Å². The molecule has 0 aromatic heterocycles. The molecule has 74 valence electrons. The second kappa shape index (κ2) is 3.13. The van der Waals surface area contributed by atoms with Gasteiger partial charge in [0.2, 0.25) is 0 Å². The fourth-order valence-electron chi connectivity index (χ4n) is 3.45. The first-order valence-electron chi connectivity index (χ1n) is 5.47. The first kappa shape index (κ1) is 9.26. The van der Waals surface area contributed by atoms with Gasteiger partial charge in [0.15, 0.2) is 0 Å². The van der Waals surface area contributed by atoms with Crippen molar-refractivity contribution in [2.24, 2.45) is 17.8 Å². The van der Waals surface area contributed by atoms with Gasteiger partial charge >= 0.3 is 0 Å². The van der Waals surface area contributed by atoms with Crippen molar-refractivity contribution in [1.82, 2.24) is 0 Å². The lowest BCUT2D eigenvalue weighted by Gasteiger charge is -2.35. The summed E-state index contributed by atoms with van der Waals surface area (Å²) >= 11 is 0. The highest BCUT2D eigenvalue weighted by atomic mass is 16.3. The lowest BCUT2D eigenvalue weighted by molar-refractivity contribution is -0.0216. The average molecular weight is 180 g/mol. The molecule has 0 heterocycles. The molecule has 1 N–H and O–H groups in total. The zero-order valence-corrected chi connectivity index (χ0v) is 8.50. The lowest BCUT2D eigenvalue weighted by atomic mass is 9.76. The average Bonchev–Trinajstić information content (AvgIpc) is 2.63. The lowest BCUT2D eigenvalue weighted by Crippen LogP contribution is -2.37. The molecule has 2 rings (SSSR count). The maximum atomic E-state index is 10.3. The van der Waals surface area contributed by atoms with E-state index in [1.807, 2.05) is 13.0 Å². The van der Waals surface area contributed by atoms with Gasteiger partial charge in [0.25, 0.3) is 0 Å². The van der Waals surface area contributed by atoms with Crippen LogP contribution in [0.3, 0.4) is 0 Å². The van der Waals surface area contributed by atoms with Crippen LogP contribution in [0.15, 0.2) is 12.7 Å². The smallest absolute Gasteiger partial charge is 0.0684 e. The Kier molecular flexibility index (Phi) is 2.23. The molecule has 0 aliphatic heterocycles. The zero-order valence-electron chi connectivity index (χ0n) is 8.50. The third kappa shape index (κ3) is 1.54. The first-order chi connectivity index (χ1) is 6.13. The highest BCUT2D eigenvalue weighted by molar-refractivity contribution is 5.00. The van der Waals surface area contributed by atoms with Crippen molar-refractivity contribution in [1.29, 1.82) is 0 Å². The van der Waals surface area contributed by atoms with Crippen LogP contribution in [0.5, 0.6) is 0 Å². The fourth-order valence-corrected chi connectivity index (χ4v) is 3.45. The van der Waals surface area contributed by atoms with Gasteiger partial charge in [-0.3, -0.25) is 0 Å². The van der Waals surface area contributed by atoms with E-state index >= 15 is 0 Å². The van der Waals surface area contributed by atoms with Crippen molar-refractivity contribution in [3.63, 3.8) is 0 Å². The highest BCUT2D eigenvalue weighted by Crippen LogP contribution is 2.52. The minimum Gasteiger partial charge on any atom is -0.390 e. The summed E-state index contributed by atoms with van der Waals surface area (Å²) in [5.41, 5.74) is -0.485. The number of aliphatic hydroxyl groups is 1. The topological polar surface area (TPSA) is 20.2 Å². The fraction of sp³-hybridized carbons (Fsp3) is 0.833. The van der Waals surface area contributed by atoms with Crippen LogP contribution < -0.4 is 0 Å². The van der Waals surface area contributed by atoms with E-state index < -0.39 is 5.60 Å². The Bertz CT molecular complexity index is 207. The molecule has 4 atom stereocenters. The number of hydrogen-bond donors (Lipinski definition) is 1. The summed E-state index contributed by atoms with van der Waals surface area (Å²) < 4.78 is 0. The van der Waals surface area contributed by atoms with Crippen LogP contribution in [-0.2, 0) is 0 Å². The van der Waals surface area contributed by atoms with Crippen LogP contribution in [0.2, 0.25) is 0 Å². The molecule has 0 radical (unpaired) electrons. The molecule has 4 unspecified atom stereocenters. The van der Waals surface area contributed by atoms with Gasteiger partial charge in [-0.1, -0.05) is 12.5 Å². The molecule has 0 aromatic rings. The Morgan fingerprint density at radius 2 is 2.23 bits per heavy atom. The summed E-state index contributed by atoms with van der Waals surface area (Å²) in [6.45, 7) is 5.71. The minimum atomic E-state index is -0.485. The molecule has 1 heteroatoms. The Morgan fingerprint density at radius 3 is 2.69 bits per heavy atom. The van der Waals surface area contributed by atoms with Crippen molar-refractivity contribution >= 4 is 0 Å². The van der Waals surface area contributed by atoms with Crippen molar-refractivity contribution < 1.29 is 5.11 Å². The third-order valence-electron chi connectivity index (χ3n) is 4.09. The summed E-state index contributed by atoms with van der Waals surface area (Å²) in [7, 11) is 0. The largest absolute Gasteiger partial charge is 0.390 e. The van der Waals surface area contributed by atoms with Crippen molar-refractivity contribution in [3.05, 3.63) is 12.7 Å². The van der Waals surface area contributed by atoms with E-state index in [0.29, 0.717) is 5.92 Å². The summed E-state index contributed by atoms with van der Waals surface area (Å²) in [6, 6.07) is 0. The molecule has 1 nitrogen and oxygen atoms in total. The van der Waals surface area contributed by atoms with Gasteiger partial charge in [0.1, 0.15) is 0 Å². The Morgan fingerprint density at radius 1 is 1.46 bits per heavy atom. The molecular formula is C12H20O. The number of hydrogen-bond acceptors (Lipinski definition) is 1. The minimum absolute atomic E-state index is 0.485. The van der Waals surface area contributed by atoms with Crippen molar-refractivity contribution in [2.45, 2.75) is 44.6 Å². The molecular weight excluding hydrogens is 160 g/mol. The predicted molar refractivity (Wildman–Crippen MR) is 54.4 cm³/mol. The maximum absolute atomic E-state index is 10.3. The van der Waals surface area contributed by atoms with Gasteiger partial charge in [0.05, 0.1) is 5.60 Å². The van der Waals surface area contributed by atoms with Gasteiger partial charge in [-0.05, 0) is 50.4 Å². The molecule has 13 heavy (non-hydrogen) atoms. The van der Waals surface area contributed by atoms with E-state index in [-0.39, 0.29) is 0 Å². The maximum Gasteiger partial charge on any atom is 0.0684 e. The van der Waals surface area contributed by atoms with E-state index in [2.05, 4.69) is 6.58 Å². The van der Waals surface area contributed by atoms with Crippen LogP contribution in [-0.4, -0.2) is 10.7 Å². The second-order valence-corrected chi connectivity index (χ2v) is 5.13. The Balaban J connectivity index is 2.04. The predicted octanol–water partition coefficient (Wildman–Crippen LogP) is 2.75. The Labute approximate surface area is 80.8 Å². The summed E-state index contributed by atoms with van der Waals surface area (Å²) in [6.07, 6.45) is 7.99. The van der Waals surface area contributed by atoms with Crippen molar-refractivity contribution in [3.8, 4) is 0 Å². The molecule has 2 aliphatic carbocycles. The number of fused-ring (bicyclic) bond motifs is 2. The van der Waals surface area contributed by atoms with Crippen LogP contribution >= 0.6 is 0 Å². The molecule has 0 spiro atoms. The SMILES string of the molecule is C=CCC(C)(O)C1CC2CCC1C2. The van der Waals surface area contributed by atoms with Crippen LogP contribution in [0.1, 0.15) is 39.0 Å². The van der Waals surface area contributed by atoms with E-state index in [1.54, 1.807) is 0 Å². The van der Waals surface area contributed by atoms with E-state index in [4.69, 9.17) is 0 Å². The standard InChI is InChI=1S/C12H20O/c1-3-6-12(2,13)11-8-9-4-5-10(11)7-9/h3,9-11,13H,1,4-8H2,2H3. The molecule has 0 saturated heterocycles. The van der Waals surface area contributed by atoms with Crippen LogP contribution in [0.4, 0.5) is 0 Å². The van der Waals surface area contributed by atoms with Gasteiger partial charge in [0, 0.05) is 0 Å². The van der Waals surface area contributed by atoms with Gasteiger partial charge < -0.3 is 5.11 Å². The second-order valence-electron chi connectivity index (χ2n) is 5.13. The molecule has 0 amide bonds. The molecule has 2 bridgehead atoms. The number of rotatable bonds is 3. The van der Waals surface area contributed by atoms with Gasteiger partial charge in [-0.2, -0.15) is 0 Å². The molecule has 2 saturated carbocycles. The monoisotopic (exact) mass is 180 g/mol. The normalized spacial score (nSPS) is 41.8. The quantitative estimate of drug-likeness (QED) is 0.662. The van der Waals surface area contributed by atoms with E-state index in [9.17, 15) is 5.11 Å². The highest BCUT2D eigenvalue weighted by Gasteiger charge is 2.46. The Hall–Kier alpha value is -0.300. The van der Waals surface area contributed by atoms with E-state index in [1.165, 1.54) is 25.7 Å². The first-order valence-corrected chi connectivity index (χ1v) is 5.47. The van der Waals surface area contributed by atoms with Gasteiger partial charge in [-0.15, -0.1) is 6.58 Å². The molecule has 0 aromatic carbocycles. The van der Waals surface area contributed by atoms with Crippen molar-refractivity contribution in [2.75, 3.05) is 0 Å².